The summed E-state index contributed by atoms with van der Waals surface area (Å²) in [5, 5.41) is 17.7. The molecule has 2 N–H and O–H groups in total. The third kappa shape index (κ3) is 2.48. The number of nitrogens with two attached hydrogens (primary N) is 1. The Bertz CT molecular complexity index is 425. The molecular weight excluding hydrogens is 186 g/mol. The van der Waals surface area contributed by atoms with Crippen LogP contribution in [0.3, 0.4) is 0 Å². The molecule has 0 aromatic heterocycles. The van der Waals surface area contributed by atoms with Crippen molar-refractivity contribution in [1.29, 1.82) is 10.5 Å². The number of nitrogen functional groups attached to an aromatic ring is 1. The molecular formula is C12H13N3. The summed E-state index contributed by atoms with van der Waals surface area (Å²) in [6.45, 7) is 1.83. The molecule has 3 heteroatoms. The van der Waals surface area contributed by atoms with Crippen LogP contribution in [0.2, 0.25) is 0 Å². The fourth-order valence-electron chi connectivity index (χ4n) is 1.45. The van der Waals surface area contributed by atoms with Crippen molar-refractivity contribution in [3.8, 4) is 12.1 Å². The van der Waals surface area contributed by atoms with Gasteiger partial charge in [-0.25, -0.2) is 0 Å². The molecule has 15 heavy (non-hydrogen) atoms. The Morgan fingerprint density at radius 3 is 2.67 bits per heavy atom. The molecule has 0 aliphatic rings. The molecule has 1 unspecified atom stereocenters. The molecule has 1 aromatic rings. The first-order valence-corrected chi connectivity index (χ1v) is 4.76. The number of hydrogen-bond acceptors (Lipinski definition) is 3. The Morgan fingerprint density at radius 2 is 2.13 bits per heavy atom. The highest BCUT2D eigenvalue weighted by Gasteiger charge is 2.25. The first-order valence-electron chi connectivity index (χ1n) is 4.76. The highest BCUT2D eigenvalue weighted by atomic mass is 14.5. The first kappa shape index (κ1) is 11.1. The molecule has 0 spiro atoms. The van der Waals surface area contributed by atoms with E-state index in [9.17, 15) is 0 Å². The van der Waals surface area contributed by atoms with E-state index in [1.54, 1.807) is 12.1 Å². The summed E-state index contributed by atoms with van der Waals surface area (Å²) >= 11 is 0. The van der Waals surface area contributed by atoms with Gasteiger partial charge >= 0.3 is 0 Å². The van der Waals surface area contributed by atoms with Gasteiger partial charge in [0.25, 0.3) is 0 Å². The molecule has 0 saturated carbocycles. The van der Waals surface area contributed by atoms with Crippen molar-refractivity contribution < 1.29 is 0 Å². The van der Waals surface area contributed by atoms with E-state index in [0.29, 0.717) is 18.5 Å². The van der Waals surface area contributed by atoms with Crippen LogP contribution in [0.25, 0.3) is 0 Å². The van der Waals surface area contributed by atoms with Gasteiger partial charge in [0.1, 0.15) is 0 Å². The average molecular weight is 199 g/mol. The summed E-state index contributed by atoms with van der Waals surface area (Å²) in [4.78, 5) is 0. The van der Waals surface area contributed by atoms with Crippen molar-refractivity contribution in [3.05, 3.63) is 29.8 Å². The van der Waals surface area contributed by atoms with Gasteiger partial charge in [0, 0.05) is 12.1 Å². The van der Waals surface area contributed by atoms with Crippen molar-refractivity contribution in [2.24, 2.45) is 0 Å². The van der Waals surface area contributed by atoms with Gasteiger partial charge in [-0.3, -0.25) is 0 Å². The topological polar surface area (TPSA) is 73.6 Å². The fourth-order valence-corrected chi connectivity index (χ4v) is 1.45. The van der Waals surface area contributed by atoms with E-state index in [1.807, 2.05) is 19.1 Å². The normalized spacial score (nSPS) is 13.5. The van der Waals surface area contributed by atoms with Gasteiger partial charge in [-0.2, -0.15) is 10.5 Å². The standard InChI is InChI=1S/C12H13N3/c1-12(9-14,6-3-7-13)10-4-2-5-11(15)8-10/h2,4-5,8H,3,6,15H2,1H3. The van der Waals surface area contributed by atoms with Crippen LogP contribution >= 0.6 is 0 Å². The van der Waals surface area contributed by atoms with E-state index in [-0.39, 0.29) is 0 Å². The van der Waals surface area contributed by atoms with Crippen LogP contribution in [0.15, 0.2) is 24.3 Å². The van der Waals surface area contributed by atoms with Crippen LogP contribution in [0.5, 0.6) is 0 Å². The van der Waals surface area contributed by atoms with Gasteiger partial charge in [0.05, 0.1) is 17.6 Å². The molecule has 0 amide bonds. The highest BCUT2D eigenvalue weighted by molar-refractivity contribution is 5.45. The molecule has 1 aromatic carbocycles. The quantitative estimate of drug-likeness (QED) is 0.759. The van der Waals surface area contributed by atoms with Gasteiger partial charge < -0.3 is 5.73 Å². The second-order valence-electron chi connectivity index (χ2n) is 3.73. The molecule has 0 aliphatic heterocycles. The number of rotatable bonds is 3. The zero-order valence-electron chi connectivity index (χ0n) is 8.70. The van der Waals surface area contributed by atoms with Crippen LogP contribution in [0, 0.1) is 22.7 Å². The summed E-state index contributed by atoms with van der Waals surface area (Å²) in [5.74, 6) is 0. The number of hydrogen-bond donors (Lipinski definition) is 1. The van der Waals surface area contributed by atoms with Crippen LogP contribution in [0.1, 0.15) is 25.3 Å². The second-order valence-corrected chi connectivity index (χ2v) is 3.73. The van der Waals surface area contributed by atoms with Crippen molar-refractivity contribution >= 4 is 5.69 Å². The van der Waals surface area contributed by atoms with Crippen molar-refractivity contribution in [1.82, 2.24) is 0 Å². The summed E-state index contributed by atoms with van der Waals surface area (Å²) in [6.07, 6.45) is 0.905. The maximum absolute atomic E-state index is 9.16. The Kier molecular flexibility index (Phi) is 3.31. The Morgan fingerprint density at radius 1 is 1.40 bits per heavy atom. The maximum Gasteiger partial charge on any atom is 0.0804 e. The van der Waals surface area contributed by atoms with Gasteiger partial charge in [0.15, 0.2) is 0 Å². The van der Waals surface area contributed by atoms with Crippen LogP contribution in [-0.4, -0.2) is 0 Å². The van der Waals surface area contributed by atoms with E-state index in [0.717, 1.165) is 5.56 Å². The Labute approximate surface area is 89.7 Å². The van der Waals surface area contributed by atoms with E-state index < -0.39 is 5.41 Å². The summed E-state index contributed by atoms with van der Waals surface area (Å²) in [5.41, 5.74) is 6.56. The number of nitrogens with zero attached hydrogens (tertiary/aromatic N) is 2. The lowest BCUT2D eigenvalue weighted by atomic mass is 9.80. The van der Waals surface area contributed by atoms with Crippen molar-refractivity contribution in [2.45, 2.75) is 25.2 Å². The van der Waals surface area contributed by atoms with Gasteiger partial charge in [-0.1, -0.05) is 12.1 Å². The zero-order chi connectivity index (χ0) is 11.3. The van der Waals surface area contributed by atoms with Crippen molar-refractivity contribution in [2.75, 3.05) is 5.73 Å². The lowest BCUT2D eigenvalue weighted by Gasteiger charge is -2.20. The second kappa shape index (κ2) is 4.48. The molecule has 0 aliphatic carbocycles. The molecule has 1 atom stereocenters. The van der Waals surface area contributed by atoms with Gasteiger partial charge in [-0.15, -0.1) is 0 Å². The summed E-state index contributed by atoms with van der Waals surface area (Å²) in [7, 11) is 0. The zero-order valence-corrected chi connectivity index (χ0v) is 8.70. The SMILES string of the molecule is CC(C#N)(CCC#N)c1cccc(N)c1. The Hall–Kier alpha value is -2.00. The molecule has 0 heterocycles. The summed E-state index contributed by atoms with van der Waals surface area (Å²) < 4.78 is 0. The predicted octanol–water partition coefficient (Wildman–Crippen LogP) is 2.35. The minimum atomic E-state index is -0.620. The lowest BCUT2D eigenvalue weighted by molar-refractivity contribution is 0.563. The molecule has 0 saturated heterocycles. The monoisotopic (exact) mass is 199 g/mol. The lowest BCUT2D eigenvalue weighted by Crippen LogP contribution is -2.19. The molecule has 1 rings (SSSR count). The van der Waals surface area contributed by atoms with Crippen LogP contribution in [-0.2, 0) is 5.41 Å². The third-order valence-corrected chi connectivity index (χ3v) is 2.51. The van der Waals surface area contributed by atoms with Crippen molar-refractivity contribution in [3.63, 3.8) is 0 Å². The number of anilines is 1. The minimum Gasteiger partial charge on any atom is -0.399 e. The fraction of sp³-hybridized carbons (Fsp3) is 0.333. The predicted molar refractivity (Wildman–Crippen MR) is 58.7 cm³/mol. The van der Waals surface area contributed by atoms with E-state index in [1.165, 1.54) is 0 Å². The average Bonchev–Trinajstić information content (AvgIpc) is 2.26. The Balaban J connectivity index is 3.02. The molecule has 76 valence electrons. The molecule has 0 radical (unpaired) electrons. The smallest absolute Gasteiger partial charge is 0.0804 e. The van der Waals surface area contributed by atoms with Crippen LogP contribution in [0.4, 0.5) is 5.69 Å². The number of benzene rings is 1. The largest absolute Gasteiger partial charge is 0.399 e. The summed E-state index contributed by atoms with van der Waals surface area (Å²) in [6, 6.07) is 11.6. The van der Waals surface area contributed by atoms with Gasteiger partial charge in [0.2, 0.25) is 0 Å². The van der Waals surface area contributed by atoms with Gasteiger partial charge in [-0.05, 0) is 31.0 Å². The van der Waals surface area contributed by atoms with E-state index in [4.69, 9.17) is 16.3 Å². The molecule has 0 bridgehead atoms. The minimum absolute atomic E-state index is 0.374. The molecule has 3 nitrogen and oxygen atoms in total. The number of nitriles is 2. The van der Waals surface area contributed by atoms with E-state index in [2.05, 4.69) is 12.1 Å². The van der Waals surface area contributed by atoms with E-state index >= 15 is 0 Å². The highest BCUT2D eigenvalue weighted by Crippen LogP contribution is 2.29. The van der Waals surface area contributed by atoms with Crippen LogP contribution < -0.4 is 5.73 Å². The maximum atomic E-state index is 9.16. The third-order valence-electron chi connectivity index (χ3n) is 2.51. The molecule has 0 fully saturated rings. The first-order chi connectivity index (χ1) is 7.12.